The monoisotopic (exact) mass is 290 g/mol. The summed E-state index contributed by atoms with van der Waals surface area (Å²) in [6.07, 6.45) is 1.75. The molecule has 1 heterocycles. The Labute approximate surface area is 127 Å². The van der Waals surface area contributed by atoms with Gasteiger partial charge in [0.05, 0.1) is 7.11 Å². The van der Waals surface area contributed by atoms with Crippen LogP contribution < -0.4 is 10.1 Å². The maximum atomic E-state index is 12.1. The second-order valence-corrected chi connectivity index (χ2v) is 5.83. The molecule has 1 aliphatic rings. The van der Waals surface area contributed by atoms with Crippen molar-refractivity contribution in [3.8, 4) is 5.75 Å². The highest BCUT2D eigenvalue weighted by atomic mass is 16.5. The van der Waals surface area contributed by atoms with Gasteiger partial charge >= 0.3 is 0 Å². The molecule has 0 saturated carbocycles. The Hall–Kier alpha value is -1.55. The molecule has 21 heavy (non-hydrogen) atoms. The van der Waals surface area contributed by atoms with Crippen molar-refractivity contribution in [2.24, 2.45) is 5.92 Å². The third-order valence-corrected chi connectivity index (χ3v) is 4.47. The summed E-state index contributed by atoms with van der Waals surface area (Å²) in [5, 5.41) is 3.24. The predicted octanol–water partition coefficient (Wildman–Crippen LogP) is 2.73. The Morgan fingerprint density at radius 2 is 2.24 bits per heavy atom. The topological polar surface area (TPSA) is 41.6 Å². The third-order valence-electron chi connectivity index (χ3n) is 4.47. The lowest BCUT2D eigenvalue weighted by Gasteiger charge is -2.20. The highest BCUT2D eigenvalue weighted by molar-refractivity contribution is 5.78. The average molecular weight is 290 g/mol. The van der Waals surface area contributed by atoms with E-state index in [0.29, 0.717) is 18.9 Å². The van der Waals surface area contributed by atoms with Crippen molar-refractivity contribution in [2.45, 2.75) is 39.3 Å². The molecule has 4 nitrogen and oxygen atoms in total. The van der Waals surface area contributed by atoms with E-state index in [1.54, 1.807) is 7.11 Å². The van der Waals surface area contributed by atoms with Crippen LogP contribution in [-0.2, 0) is 11.3 Å². The maximum Gasteiger partial charge on any atom is 0.223 e. The molecule has 116 valence electrons. The number of carbonyl (C=O) groups is 1. The molecule has 1 fully saturated rings. The van der Waals surface area contributed by atoms with E-state index in [0.717, 1.165) is 24.3 Å². The number of hydrogen-bond acceptors (Lipinski definition) is 3. The number of nitrogens with one attached hydrogen (secondary N) is 1. The summed E-state index contributed by atoms with van der Waals surface area (Å²) >= 11 is 0. The minimum atomic E-state index is 0.260. The van der Waals surface area contributed by atoms with Crippen LogP contribution in [-0.4, -0.2) is 31.5 Å². The van der Waals surface area contributed by atoms with Crippen LogP contribution in [0.3, 0.4) is 0 Å². The molecule has 1 aromatic rings. The highest BCUT2D eigenvalue weighted by Crippen LogP contribution is 2.28. The maximum absolute atomic E-state index is 12.1. The van der Waals surface area contributed by atoms with E-state index in [4.69, 9.17) is 4.74 Å². The van der Waals surface area contributed by atoms with E-state index in [2.05, 4.69) is 31.3 Å². The van der Waals surface area contributed by atoms with E-state index >= 15 is 0 Å². The average Bonchev–Trinajstić information content (AvgIpc) is 2.86. The minimum absolute atomic E-state index is 0.260. The van der Waals surface area contributed by atoms with E-state index in [1.807, 2.05) is 18.0 Å². The van der Waals surface area contributed by atoms with Crippen molar-refractivity contribution >= 4 is 5.91 Å². The zero-order valence-corrected chi connectivity index (χ0v) is 13.5. The van der Waals surface area contributed by atoms with E-state index in [1.165, 1.54) is 5.56 Å². The minimum Gasteiger partial charge on any atom is -0.496 e. The molecular formula is C17H26N2O2. The van der Waals surface area contributed by atoms with Crippen molar-refractivity contribution < 1.29 is 9.53 Å². The van der Waals surface area contributed by atoms with Crippen LogP contribution in [0.15, 0.2) is 18.2 Å². The summed E-state index contributed by atoms with van der Waals surface area (Å²) in [7, 11) is 3.63. The Bertz CT molecular complexity index is 502. The van der Waals surface area contributed by atoms with Gasteiger partial charge in [0.1, 0.15) is 5.75 Å². The molecule has 1 saturated heterocycles. The molecule has 0 aromatic heterocycles. The molecule has 0 aliphatic carbocycles. The molecule has 0 bridgehead atoms. The van der Waals surface area contributed by atoms with E-state index < -0.39 is 0 Å². The lowest BCUT2D eigenvalue weighted by molar-refractivity contribution is -0.128. The summed E-state index contributed by atoms with van der Waals surface area (Å²) in [4.78, 5) is 14.1. The Morgan fingerprint density at radius 1 is 1.48 bits per heavy atom. The third kappa shape index (κ3) is 3.56. The second kappa shape index (κ2) is 6.94. The molecule has 1 aliphatic heterocycles. The van der Waals surface area contributed by atoms with Crippen LogP contribution in [0, 0.1) is 5.92 Å². The SMILES string of the molecule is CCC1CC(=O)N(Cc2cc(C(C)NC)ccc2OC)C1. The number of benzene rings is 1. The normalized spacial score (nSPS) is 19.9. The van der Waals surface area contributed by atoms with Gasteiger partial charge in [-0.15, -0.1) is 0 Å². The molecule has 4 heteroatoms. The largest absolute Gasteiger partial charge is 0.496 e. The molecule has 1 amide bonds. The zero-order valence-electron chi connectivity index (χ0n) is 13.5. The van der Waals surface area contributed by atoms with Gasteiger partial charge in [-0.3, -0.25) is 4.79 Å². The quantitative estimate of drug-likeness (QED) is 0.876. The smallest absolute Gasteiger partial charge is 0.223 e. The van der Waals surface area contributed by atoms with Gasteiger partial charge in [-0.2, -0.15) is 0 Å². The number of carbonyl (C=O) groups excluding carboxylic acids is 1. The first-order valence-electron chi connectivity index (χ1n) is 7.70. The Morgan fingerprint density at radius 3 is 2.81 bits per heavy atom. The fourth-order valence-electron chi connectivity index (χ4n) is 2.84. The van der Waals surface area contributed by atoms with Gasteiger partial charge in [0.25, 0.3) is 0 Å². The Balaban J connectivity index is 2.19. The summed E-state index contributed by atoms with van der Waals surface area (Å²) in [6.45, 7) is 5.78. The van der Waals surface area contributed by atoms with Gasteiger partial charge in [0.2, 0.25) is 5.91 Å². The van der Waals surface area contributed by atoms with Crippen LogP contribution in [0.1, 0.15) is 43.9 Å². The summed E-state index contributed by atoms with van der Waals surface area (Å²) in [5.41, 5.74) is 2.30. The Kier molecular flexibility index (Phi) is 5.23. The van der Waals surface area contributed by atoms with Gasteiger partial charge in [-0.1, -0.05) is 19.4 Å². The van der Waals surface area contributed by atoms with Gasteiger partial charge in [0, 0.05) is 31.1 Å². The van der Waals surface area contributed by atoms with E-state index in [9.17, 15) is 4.79 Å². The summed E-state index contributed by atoms with van der Waals surface area (Å²) < 4.78 is 5.45. The fourth-order valence-corrected chi connectivity index (χ4v) is 2.84. The standard InChI is InChI=1S/C17H26N2O2/c1-5-13-8-17(20)19(10-13)11-15-9-14(12(2)18-3)6-7-16(15)21-4/h6-7,9,12-13,18H,5,8,10-11H2,1-4H3. The summed E-state index contributed by atoms with van der Waals surface area (Å²) in [5.74, 6) is 1.62. The van der Waals surface area contributed by atoms with Crippen LogP contribution in [0.5, 0.6) is 5.75 Å². The van der Waals surface area contributed by atoms with Crippen molar-refractivity contribution in [3.63, 3.8) is 0 Å². The first-order valence-corrected chi connectivity index (χ1v) is 7.70. The highest BCUT2D eigenvalue weighted by Gasteiger charge is 2.28. The number of nitrogens with zero attached hydrogens (tertiary/aromatic N) is 1. The first kappa shape index (κ1) is 15.8. The van der Waals surface area contributed by atoms with Crippen molar-refractivity contribution in [2.75, 3.05) is 20.7 Å². The first-order chi connectivity index (χ1) is 10.1. The summed E-state index contributed by atoms with van der Waals surface area (Å²) in [6, 6.07) is 6.50. The molecule has 2 rings (SSSR count). The number of hydrogen-bond donors (Lipinski definition) is 1. The number of methoxy groups -OCH3 is 1. The lowest BCUT2D eigenvalue weighted by Crippen LogP contribution is -2.25. The fraction of sp³-hybridized carbons (Fsp3) is 0.588. The number of amides is 1. The number of ether oxygens (including phenoxy) is 1. The van der Waals surface area contributed by atoms with Gasteiger partial charge in [0.15, 0.2) is 0 Å². The molecule has 1 aromatic carbocycles. The number of likely N-dealkylation sites (tertiary alicyclic amines) is 1. The van der Waals surface area contributed by atoms with Crippen LogP contribution >= 0.6 is 0 Å². The van der Waals surface area contributed by atoms with Crippen LogP contribution in [0.4, 0.5) is 0 Å². The van der Waals surface area contributed by atoms with Gasteiger partial charge in [-0.25, -0.2) is 0 Å². The van der Waals surface area contributed by atoms with Crippen molar-refractivity contribution in [1.82, 2.24) is 10.2 Å². The predicted molar refractivity (Wildman–Crippen MR) is 84.3 cm³/mol. The van der Waals surface area contributed by atoms with E-state index in [-0.39, 0.29) is 11.9 Å². The number of rotatable bonds is 6. The van der Waals surface area contributed by atoms with Crippen molar-refractivity contribution in [1.29, 1.82) is 0 Å². The lowest BCUT2D eigenvalue weighted by atomic mass is 10.0. The van der Waals surface area contributed by atoms with Crippen molar-refractivity contribution in [3.05, 3.63) is 29.3 Å². The molecule has 2 atom stereocenters. The molecule has 2 unspecified atom stereocenters. The molecule has 0 spiro atoms. The zero-order chi connectivity index (χ0) is 15.4. The second-order valence-electron chi connectivity index (χ2n) is 5.83. The molecular weight excluding hydrogens is 264 g/mol. The van der Waals surface area contributed by atoms with Crippen LogP contribution in [0.2, 0.25) is 0 Å². The van der Waals surface area contributed by atoms with Gasteiger partial charge in [-0.05, 0) is 37.6 Å². The van der Waals surface area contributed by atoms with Gasteiger partial charge < -0.3 is 15.0 Å². The molecule has 1 N–H and O–H groups in total. The molecule has 0 radical (unpaired) electrons. The van der Waals surface area contributed by atoms with Crippen LogP contribution in [0.25, 0.3) is 0 Å².